The largest absolute Gasteiger partial charge is 0.107 e. The van der Waals surface area contributed by atoms with E-state index in [1.54, 1.807) is 0 Å². The van der Waals surface area contributed by atoms with Gasteiger partial charge >= 0.3 is 0 Å². The molecule has 0 aromatic carbocycles. The highest BCUT2D eigenvalue weighted by molar-refractivity contribution is 6.45. The van der Waals surface area contributed by atoms with Gasteiger partial charge in [0, 0.05) is 9.52 Å². The van der Waals surface area contributed by atoms with Crippen LogP contribution in [0.5, 0.6) is 0 Å². The summed E-state index contributed by atoms with van der Waals surface area (Å²) >= 11 is 11.0. The van der Waals surface area contributed by atoms with E-state index in [-0.39, 0.29) is 14.4 Å². The van der Waals surface area contributed by atoms with Crippen molar-refractivity contribution in [3.8, 4) is 0 Å². The Hall–Kier alpha value is 0.537. The first-order valence-electron chi connectivity index (χ1n) is 3.16. The van der Waals surface area contributed by atoms with Gasteiger partial charge in [0.1, 0.15) is 4.84 Å². The lowest BCUT2D eigenvalue weighted by Crippen LogP contribution is -1.91. The van der Waals surface area contributed by atoms with Gasteiger partial charge in [-0.25, -0.2) is 0 Å². The molecule has 0 atom stereocenters. The molecule has 0 aliphatic rings. The molecule has 0 aliphatic heterocycles. The fourth-order valence-electron chi connectivity index (χ4n) is 0.587. The van der Waals surface area contributed by atoms with Crippen LogP contribution in [0.15, 0.2) is 12.7 Å². The van der Waals surface area contributed by atoms with Crippen molar-refractivity contribution < 1.29 is 0 Å². The van der Waals surface area contributed by atoms with Crippen LogP contribution in [0.25, 0.3) is 0 Å². The third kappa shape index (κ3) is 8.54. The van der Waals surface area contributed by atoms with Gasteiger partial charge in [-0.05, 0) is 12.5 Å². The molecule has 0 rings (SSSR count). The molecule has 9 heavy (non-hydrogen) atoms. The lowest BCUT2D eigenvalue weighted by Gasteiger charge is -1.96. The van der Waals surface area contributed by atoms with Crippen LogP contribution in [0, 0.1) is 0 Å². The number of rotatable bonds is 5. The highest BCUT2D eigenvalue weighted by atomic mass is 35.5. The fourth-order valence-corrected chi connectivity index (χ4v) is 2.69. The van der Waals surface area contributed by atoms with Crippen LogP contribution in [0.4, 0.5) is 0 Å². The van der Waals surface area contributed by atoms with Crippen molar-refractivity contribution in [1.29, 1.82) is 0 Å². The molecule has 0 amide bonds. The van der Waals surface area contributed by atoms with Crippen molar-refractivity contribution in [2.24, 2.45) is 0 Å². The Morgan fingerprint density at radius 1 is 1.56 bits per heavy atom. The maximum absolute atomic E-state index is 5.52. The zero-order chi connectivity index (χ0) is 7.11. The van der Waals surface area contributed by atoms with Crippen molar-refractivity contribution in [3.05, 3.63) is 12.7 Å². The molecule has 54 valence electrons. The number of allylic oxidation sites excluding steroid dienone is 1. The predicted molar refractivity (Wildman–Crippen MR) is 48.5 cm³/mol. The van der Waals surface area contributed by atoms with Crippen molar-refractivity contribution in [1.82, 2.24) is 0 Å². The van der Waals surface area contributed by atoms with Gasteiger partial charge in [-0.15, -0.1) is 29.8 Å². The molecule has 0 bridgehead atoms. The highest BCUT2D eigenvalue weighted by Crippen LogP contribution is 2.09. The van der Waals surface area contributed by atoms with E-state index >= 15 is 0 Å². The minimum Gasteiger partial charge on any atom is -0.105 e. The summed E-state index contributed by atoms with van der Waals surface area (Å²) in [7, 11) is 0.0815. The van der Waals surface area contributed by atoms with Gasteiger partial charge in [0.15, 0.2) is 0 Å². The summed E-state index contributed by atoms with van der Waals surface area (Å²) in [5.74, 6) is 0. The molecule has 0 N–H and O–H groups in total. The van der Waals surface area contributed by atoms with Crippen LogP contribution in [0.3, 0.4) is 0 Å². The van der Waals surface area contributed by atoms with Gasteiger partial charge in [0.2, 0.25) is 0 Å². The topological polar surface area (TPSA) is 0 Å². The second kappa shape index (κ2) is 6.65. The van der Waals surface area contributed by atoms with E-state index in [0.29, 0.717) is 0 Å². The first-order chi connectivity index (χ1) is 4.27. The van der Waals surface area contributed by atoms with E-state index < -0.39 is 0 Å². The molecule has 0 unspecified atom stereocenters. The molecule has 0 spiro atoms. The van der Waals surface area contributed by atoms with Crippen molar-refractivity contribution in [2.45, 2.75) is 23.3 Å². The maximum Gasteiger partial charge on any atom is 0.107 e. The third-order valence-corrected chi connectivity index (χ3v) is 3.24. The predicted octanol–water partition coefficient (Wildman–Crippen LogP) is 2.37. The van der Waals surface area contributed by atoms with E-state index in [1.807, 2.05) is 6.08 Å². The molecule has 0 nitrogen and oxygen atoms in total. The summed E-state index contributed by atoms with van der Waals surface area (Å²) in [5.41, 5.74) is 0. The Morgan fingerprint density at radius 3 is 2.67 bits per heavy atom. The van der Waals surface area contributed by atoms with E-state index in [2.05, 4.69) is 6.58 Å². The molecule has 0 fully saturated rings. The van der Waals surface area contributed by atoms with Gasteiger partial charge in [0.25, 0.3) is 0 Å². The lowest BCUT2D eigenvalue weighted by atomic mass is 10.6. The maximum atomic E-state index is 5.52. The minimum absolute atomic E-state index is 0.0815. The molecular formula is C6H12Cl2Si. The summed E-state index contributed by atoms with van der Waals surface area (Å²) in [6.07, 6.45) is 2.94. The zero-order valence-electron chi connectivity index (χ0n) is 5.45. The Morgan fingerprint density at radius 2 is 2.22 bits per heavy atom. The van der Waals surface area contributed by atoms with Crippen LogP contribution in [-0.4, -0.2) is 14.4 Å². The Kier molecular flexibility index (Phi) is 7.05. The third-order valence-electron chi connectivity index (χ3n) is 1.08. The molecule has 0 saturated carbocycles. The van der Waals surface area contributed by atoms with Gasteiger partial charge < -0.3 is 0 Å². The molecule has 0 saturated heterocycles. The van der Waals surface area contributed by atoms with Crippen molar-refractivity contribution in [3.63, 3.8) is 0 Å². The Bertz CT molecular complexity index is 73.5. The average Bonchev–Trinajstić information content (AvgIpc) is 1.80. The first-order valence-corrected chi connectivity index (χ1v) is 6.03. The molecule has 0 aliphatic carbocycles. The minimum atomic E-state index is -0.151. The monoisotopic (exact) mass is 182 g/mol. The zero-order valence-corrected chi connectivity index (χ0v) is 8.37. The molecular weight excluding hydrogens is 171 g/mol. The van der Waals surface area contributed by atoms with Crippen molar-refractivity contribution >= 4 is 32.7 Å². The second-order valence-corrected chi connectivity index (χ2v) is 5.23. The van der Waals surface area contributed by atoms with E-state index in [4.69, 9.17) is 23.2 Å². The fraction of sp³-hybridized carbons (Fsp3) is 0.667. The van der Waals surface area contributed by atoms with Crippen LogP contribution in [0.1, 0.15) is 6.42 Å². The molecule has 3 heteroatoms. The van der Waals surface area contributed by atoms with Crippen LogP contribution >= 0.6 is 23.2 Å². The van der Waals surface area contributed by atoms with Crippen molar-refractivity contribution in [2.75, 3.05) is 0 Å². The number of alkyl halides is 2. The van der Waals surface area contributed by atoms with Crippen LogP contribution in [-0.2, 0) is 0 Å². The molecule has 0 heterocycles. The second-order valence-electron chi connectivity index (χ2n) is 1.96. The molecule has 0 radical (unpaired) electrons. The van der Waals surface area contributed by atoms with Gasteiger partial charge in [-0.3, -0.25) is 0 Å². The standard InChI is InChI=1S/C6H12Cl2Si/c1-2-4-9-5-3-6(7)8/h2,6H,1,3-5,9H2. The average molecular weight is 183 g/mol. The highest BCUT2D eigenvalue weighted by Gasteiger charge is 1.96. The summed E-state index contributed by atoms with van der Waals surface area (Å²) in [4.78, 5) is -0.151. The number of hydrogen-bond donors (Lipinski definition) is 0. The summed E-state index contributed by atoms with van der Waals surface area (Å²) in [5, 5.41) is 0. The summed E-state index contributed by atoms with van der Waals surface area (Å²) in [6, 6.07) is 2.45. The number of halogens is 2. The summed E-state index contributed by atoms with van der Waals surface area (Å²) < 4.78 is 0. The quantitative estimate of drug-likeness (QED) is 0.265. The molecule has 0 aromatic rings. The van der Waals surface area contributed by atoms with E-state index in [1.165, 1.54) is 12.1 Å². The SMILES string of the molecule is C=CC[SiH2]CCC(Cl)Cl. The lowest BCUT2D eigenvalue weighted by molar-refractivity contribution is 1.02. The summed E-state index contributed by atoms with van der Waals surface area (Å²) in [6.45, 7) is 3.65. The van der Waals surface area contributed by atoms with E-state index in [0.717, 1.165) is 6.42 Å². The Labute approximate surface area is 69.1 Å². The van der Waals surface area contributed by atoms with Crippen LogP contribution in [0.2, 0.25) is 12.1 Å². The Balaban J connectivity index is 2.82. The number of hydrogen-bond acceptors (Lipinski definition) is 0. The van der Waals surface area contributed by atoms with E-state index in [9.17, 15) is 0 Å². The van der Waals surface area contributed by atoms with Gasteiger partial charge in [-0.1, -0.05) is 12.1 Å². The van der Waals surface area contributed by atoms with Gasteiger partial charge in [-0.2, -0.15) is 0 Å². The van der Waals surface area contributed by atoms with Crippen LogP contribution < -0.4 is 0 Å². The smallest absolute Gasteiger partial charge is 0.105 e. The first kappa shape index (κ1) is 9.54. The molecule has 0 aromatic heterocycles. The van der Waals surface area contributed by atoms with Gasteiger partial charge in [0.05, 0.1) is 0 Å². The normalized spacial score (nSPS) is 11.4.